The van der Waals surface area contributed by atoms with Crippen molar-refractivity contribution in [3.05, 3.63) is 71.0 Å². The number of nitrogens with one attached hydrogen (secondary N) is 1. The molecule has 1 fully saturated rings. The van der Waals surface area contributed by atoms with Crippen molar-refractivity contribution < 1.29 is 19.0 Å². The molecule has 0 spiro atoms. The molecule has 6 nitrogen and oxygen atoms in total. The van der Waals surface area contributed by atoms with E-state index in [1.807, 2.05) is 26.1 Å². The SMILES string of the molecule is CC1(C)OC(=C2C(=O)Nc3cc(F)ccc32)C=C1c1ccc(CCN2CCCC(CCO)C2)nc1. The molecule has 1 aromatic heterocycles. The van der Waals surface area contributed by atoms with Crippen molar-refractivity contribution >= 4 is 22.7 Å². The Bertz CT molecular complexity index is 1180. The van der Waals surface area contributed by atoms with Crippen LogP contribution in [0.25, 0.3) is 11.1 Å². The summed E-state index contributed by atoms with van der Waals surface area (Å²) in [5.41, 5.74) is 3.84. The molecular formula is C28H32FN3O3. The molecule has 184 valence electrons. The van der Waals surface area contributed by atoms with Gasteiger partial charge in [-0.2, -0.15) is 0 Å². The van der Waals surface area contributed by atoms with Gasteiger partial charge in [0.1, 0.15) is 17.2 Å². The third kappa shape index (κ3) is 4.88. The number of hydrogen-bond donors (Lipinski definition) is 2. The van der Waals surface area contributed by atoms with Gasteiger partial charge in [-0.3, -0.25) is 9.78 Å². The summed E-state index contributed by atoms with van der Waals surface area (Å²) in [6, 6.07) is 8.41. The predicted molar refractivity (Wildman–Crippen MR) is 134 cm³/mol. The molecule has 3 aliphatic rings. The van der Waals surface area contributed by atoms with Gasteiger partial charge in [-0.15, -0.1) is 0 Å². The maximum Gasteiger partial charge on any atom is 0.260 e. The van der Waals surface area contributed by atoms with Gasteiger partial charge < -0.3 is 20.1 Å². The molecule has 1 aromatic carbocycles. The molecule has 7 heteroatoms. The molecule has 1 atom stereocenters. The number of likely N-dealkylation sites (tertiary alicyclic amines) is 1. The topological polar surface area (TPSA) is 74.7 Å². The van der Waals surface area contributed by atoms with Gasteiger partial charge in [-0.05, 0) is 75.9 Å². The first-order valence-electron chi connectivity index (χ1n) is 12.4. The van der Waals surface area contributed by atoms with Crippen molar-refractivity contribution in [2.75, 3.05) is 31.6 Å². The summed E-state index contributed by atoms with van der Waals surface area (Å²) in [7, 11) is 0. The fourth-order valence-electron chi connectivity index (χ4n) is 5.38. The second-order valence-corrected chi connectivity index (χ2v) is 10.2. The van der Waals surface area contributed by atoms with Gasteiger partial charge >= 0.3 is 0 Å². The summed E-state index contributed by atoms with van der Waals surface area (Å²) in [6.07, 6.45) is 7.95. The lowest BCUT2D eigenvalue weighted by Crippen LogP contribution is -2.37. The summed E-state index contributed by atoms with van der Waals surface area (Å²) >= 11 is 0. The molecule has 1 unspecified atom stereocenters. The maximum atomic E-state index is 13.6. The van der Waals surface area contributed by atoms with Crippen LogP contribution in [0.2, 0.25) is 0 Å². The third-order valence-corrected chi connectivity index (χ3v) is 7.22. The van der Waals surface area contributed by atoms with Crippen LogP contribution in [-0.2, 0) is 16.0 Å². The third-order valence-electron chi connectivity index (χ3n) is 7.22. The minimum Gasteiger partial charge on any atom is -0.482 e. The van der Waals surface area contributed by atoms with Crippen molar-refractivity contribution in [2.45, 2.75) is 45.1 Å². The lowest BCUT2D eigenvalue weighted by molar-refractivity contribution is -0.111. The van der Waals surface area contributed by atoms with Gasteiger partial charge in [0.25, 0.3) is 5.91 Å². The van der Waals surface area contributed by atoms with Crippen LogP contribution in [0.5, 0.6) is 0 Å². The minimum atomic E-state index is -0.635. The number of carbonyl (C=O) groups is 1. The van der Waals surface area contributed by atoms with Gasteiger partial charge in [-0.25, -0.2) is 4.39 Å². The van der Waals surface area contributed by atoms with Gasteiger partial charge in [0.15, 0.2) is 0 Å². The highest BCUT2D eigenvalue weighted by Gasteiger charge is 2.38. The number of amides is 1. The van der Waals surface area contributed by atoms with Crippen LogP contribution in [0.3, 0.4) is 0 Å². The predicted octanol–water partition coefficient (Wildman–Crippen LogP) is 4.41. The van der Waals surface area contributed by atoms with Gasteiger partial charge in [0.2, 0.25) is 0 Å². The molecule has 0 radical (unpaired) electrons. The van der Waals surface area contributed by atoms with E-state index in [0.717, 1.165) is 49.3 Å². The number of ether oxygens (including phenoxy) is 1. The van der Waals surface area contributed by atoms with Crippen LogP contribution in [-0.4, -0.2) is 52.7 Å². The number of fused-ring (bicyclic) bond motifs is 1. The standard InChI is InChI=1S/C28H32FN3O3/c1-28(2)23(15-25(35-28)26-22-8-6-20(29)14-24(22)31-27(26)34)19-5-7-21(30-16-19)9-12-32-11-3-4-18(17-32)10-13-33/h5-8,14-16,18,33H,3-4,9-13,17H2,1-2H3,(H,31,34). The molecule has 3 aliphatic heterocycles. The van der Waals surface area contributed by atoms with E-state index >= 15 is 0 Å². The van der Waals surface area contributed by atoms with Gasteiger partial charge in [0.05, 0.1) is 11.3 Å². The number of pyridine rings is 1. The summed E-state index contributed by atoms with van der Waals surface area (Å²) < 4.78 is 19.8. The monoisotopic (exact) mass is 477 g/mol. The highest BCUT2D eigenvalue weighted by atomic mass is 19.1. The second kappa shape index (κ2) is 9.55. The van der Waals surface area contributed by atoms with E-state index in [2.05, 4.69) is 22.3 Å². The summed E-state index contributed by atoms with van der Waals surface area (Å²) in [5.74, 6) is 0.397. The number of allylic oxidation sites excluding steroid dienone is 1. The Hall–Kier alpha value is -3.03. The molecule has 5 rings (SSSR count). The molecule has 4 heterocycles. The molecule has 2 aromatic rings. The number of anilines is 1. The highest BCUT2D eigenvalue weighted by molar-refractivity contribution is 6.32. The zero-order valence-corrected chi connectivity index (χ0v) is 20.3. The Morgan fingerprint density at radius 2 is 2.14 bits per heavy atom. The molecule has 1 saturated heterocycles. The van der Waals surface area contributed by atoms with E-state index in [1.165, 1.54) is 25.0 Å². The minimum absolute atomic E-state index is 0.269. The number of benzene rings is 1. The average molecular weight is 478 g/mol. The molecule has 1 amide bonds. The van der Waals surface area contributed by atoms with E-state index in [1.54, 1.807) is 6.07 Å². The highest BCUT2D eigenvalue weighted by Crippen LogP contribution is 2.44. The molecule has 0 bridgehead atoms. The normalized spacial score (nSPS) is 23.6. The molecular weight excluding hydrogens is 445 g/mol. The lowest BCUT2D eigenvalue weighted by atomic mass is 9.93. The van der Waals surface area contributed by atoms with Crippen LogP contribution in [0, 0.1) is 11.7 Å². The van der Waals surface area contributed by atoms with Crippen molar-refractivity contribution in [1.82, 2.24) is 9.88 Å². The van der Waals surface area contributed by atoms with Crippen LogP contribution >= 0.6 is 0 Å². The lowest BCUT2D eigenvalue weighted by Gasteiger charge is -2.32. The number of piperidine rings is 1. The smallest absolute Gasteiger partial charge is 0.260 e. The maximum absolute atomic E-state index is 13.6. The number of carbonyl (C=O) groups excluding carboxylic acids is 1. The van der Waals surface area contributed by atoms with Crippen LogP contribution in [0.1, 0.15) is 49.9 Å². The Morgan fingerprint density at radius 3 is 2.91 bits per heavy atom. The average Bonchev–Trinajstić information content (AvgIpc) is 3.32. The summed E-state index contributed by atoms with van der Waals surface area (Å²) in [4.78, 5) is 19.8. The molecule has 35 heavy (non-hydrogen) atoms. The van der Waals surface area contributed by atoms with Gasteiger partial charge in [-0.1, -0.05) is 6.07 Å². The van der Waals surface area contributed by atoms with E-state index in [0.29, 0.717) is 28.5 Å². The van der Waals surface area contributed by atoms with E-state index in [-0.39, 0.29) is 12.5 Å². The Morgan fingerprint density at radius 1 is 1.29 bits per heavy atom. The summed E-state index contributed by atoms with van der Waals surface area (Å²) in [5, 5.41) is 12.0. The number of hydrogen-bond acceptors (Lipinski definition) is 5. The number of halogens is 1. The van der Waals surface area contributed by atoms with Crippen molar-refractivity contribution in [2.24, 2.45) is 5.92 Å². The number of aliphatic hydroxyl groups excluding tert-OH is 1. The zero-order valence-electron chi connectivity index (χ0n) is 20.3. The first-order chi connectivity index (χ1) is 16.8. The first-order valence-corrected chi connectivity index (χ1v) is 12.4. The Labute approximate surface area is 205 Å². The zero-order chi connectivity index (χ0) is 24.6. The number of aromatic nitrogens is 1. The fraction of sp³-hybridized carbons (Fsp3) is 0.429. The van der Waals surface area contributed by atoms with Crippen molar-refractivity contribution in [1.29, 1.82) is 0 Å². The Balaban J connectivity index is 1.32. The largest absolute Gasteiger partial charge is 0.482 e. The van der Waals surface area contributed by atoms with E-state index < -0.39 is 11.4 Å². The quantitative estimate of drug-likeness (QED) is 0.603. The van der Waals surface area contributed by atoms with Crippen LogP contribution in [0.15, 0.2) is 48.4 Å². The van der Waals surface area contributed by atoms with E-state index in [9.17, 15) is 14.3 Å². The van der Waals surface area contributed by atoms with E-state index in [4.69, 9.17) is 9.72 Å². The Kier molecular flexibility index (Phi) is 6.47. The van der Waals surface area contributed by atoms with Crippen molar-refractivity contribution in [3.63, 3.8) is 0 Å². The van der Waals surface area contributed by atoms with Crippen LogP contribution in [0.4, 0.5) is 10.1 Å². The number of rotatable bonds is 6. The number of aliphatic hydroxyl groups is 1. The summed E-state index contributed by atoms with van der Waals surface area (Å²) in [6.45, 7) is 7.34. The van der Waals surface area contributed by atoms with Crippen molar-refractivity contribution in [3.8, 4) is 0 Å². The molecule has 2 N–H and O–H groups in total. The molecule has 0 aliphatic carbocycles. The van der Waals surface area contributed by atoms with Gasteiger partial charge in [0, 0.05) is 54.7 Å². The first kappa shape index (κ1) is 23.7. The van der Waals surface area contributed by atoms with Crippen LogP contribution < -0.4 is 5.32 Å². The fourth-order valence-corrected chi connectivity index (χ4v) is 5.38. The second-order valence-electron chi connectivity index (χ2n) is 10.2. The molecule has 0 saturated carbocycles. The number of nitrogens with zero attached hydrogens (tertiary/aromatic N) is 2.